The summed E-state index contributed by atoms with van der Waals surface area (Å²) in [5.74, 6) is -0.191. The number of rotatable bonds is 8. The molecule has 2 rings (SSSR count). The van der Waals surface area contributed by atoms with Crippen LogP contribution in [0.4, 0.5) is 11.5 Å². The summed E-state index contributed by atoms with van der Waals surface area (Å²) >= 11 is 0. The maximum Gasteiger partial charge on any atom is 0.312 e. The fourth-order valence-electron chi connectivity index (χ4n) is 3.15. The summed E-state index contributed by atoms with van der Waals surface area (Å²) in [6, 6.07) is 1.18. The van der Waals surface area contributed by atoms with Gasteiger partial charge in [-0.3, -0.25) is 19.7 Å². The molecule has 1 fully saturated rings. The first kappa shape index (κ1) is 22.4. The van der Waals surface area contributed by atoms with Crippen LogP contribution in [0.2, 0.25) is 0 Å². The molecule has 1 saturated carbocycles. The van der Waals surface area contributed by atoms with Crippen molar-refractivity contribution in [3.8, 4) is 5.88 Å². The van der Waals surface area contributed by atoms with Gasteiger partial charge in [0.1, 0.15) is 5.56 Å². The lowest BCUT2D eigenvalue weighted by Crippen LogP contribution is -2.37. The molecule has 0 atom stereocenters. The van der Waals surface area contributed by atoms with Crippen molar-refractivity contribution in [1.82, 2.24) is 15.2 Å². The maximum absolute atomic E-state index is 12.8. The number of aromatic nitrogens is 1. The van der Waals surface area contributed by atoms with E-state index >= 15 is 0 Å². The van der Waals surface area contributed by atoms with E-state index in [0.29, 0.717) is 5.92 Å². The predicted molar refractivity (Wildman–Crippen MR) is 108 cm³/mol. The van der Waals surface area contributed by atoms with Crippen molar-refractivity contribution in [2.45, 2.75) is 45.6 Å². The Balaban J connectivity index is 2.28. The van der Waals surface area contributed by atoms with Crippen LogP contribution in [0.5, 0.6) is 5.88 Å². The Morgan fingerprint density at radius 1 is 1.31 bits per heavy atom. The summed E-state index contributed by atoms with van der Waals surface area (Å²) in [7, 11) is 3.16. The van der Waals surface area contributed by atoms with Crippen LogP contribution < -0.4 is 15.4 Å². The van der Waals surface area contributed by atoms with Gasteiger partial charge in [-0.1, -0.05) is 6.92 Å². The first-order valence-corrected chi connectivity index (χ1v) is 9.80. The normalized spacial score (nSPS) is 18.6. The van der Waals surface area contributed by atoms with E-state index in [1.54, 1.807) is 21.0 Å². The first-order valence-electron chi connectivity index (χ1n) is 9.80. The van der Waals surface area contributed by atoms with Gasteiger partial charge in [0.05, 0.1) is 18.1 Å². The van der Waals surface area contributed by atoms with Gasteiger partial charge in [0.15, 0.2) is 0 Å². The van der Waals surface area contributed by atoms with Gasteiger partial charge in [0, 0.05) is 26.2 Å². The monoisotopic (exact) mass is 407 g/mol. The molecule has 0 aromatic carbocycles. The predicted octanol–water partition coefficient (Wildman–Crippen LogP) is 2.20. The molecule has 10 heteroatoms. The number of nitrogens with zero attached hydrogens (tertiary/aromatic N) is 3. The molecule has 2 N–H and O–H groups in total. The van der Waals surface area contributed by atoms with Crippen molar-refractivity contribution in [3.05, 3.63) is 21.7 Å². The molecule has 0 aliphatic heterocycles. The van der Waals surface area contributed by atoms with Crippen molar-refractivity contribution in [3.63, 3.8) is 0 Å². The number of pyridine rings is 1. The average Bonchev–Trinajstić information content (AvgIpc) is 2.67. The molecular weight excluding hydrogens is 378 g/mol. The van der Waals surface area contributed by atoms with Crippen LogP contribution in [-0.4, -0.2) is 59.9 Å². The molecule has 29 heavy (non-hydrogen) atoms. The second kappa shape index (κ2) is 10.0. The van der Waals surface area contributed by atoms with Gasteiger partial charge < -0.3 is 20.3 Å². The summed E-state index contributed by atoms with van der Waals surface area (Å²) in [5.41, 5.74) is -0.371. The van der Waals surface area contributed by atoms with Crippen LogP contribution >= 0.6 is 0 Å². The summed E-state index contributed by atoms with van der Waals surface area (Å²) < 4.78 is 5.46. The number of anilines is 1. The van der Waals surface area contributed by atoms with E-state index < -0.39 is 10.8 Å². The van der Waals surface area contributed by atoms with Crippen molar-refractivity contribution in [2.75, 3.05) is 32.6 Å². The molecule has 0 unspecified atom stereocenters. The summed E-state index contributed by atoms with van der Waals surface area (Å²) in [4.78, 5) is 41.0. The van der Waals surface area contributed by atoms with Crippen molar-refractivity contribution in [1.29, 1.82) is 0 Å². The van der Waals surface area contributed by atoms with Gasteiger partial charge >= 0.3 is 5.69 Å². The number of carbonyl (C=O) groups excluding carboxylic acids is 2. The topological polar surface area (TPSA) is 127 Å². The van der Waals surface area contributed by atoms with Crippen LogP contribution in [0.15, 0.2) is 6.07 Å². The number of likely N-dealkylation sites (N-methyl/N-ethyl adjacent to an activating group) is 1. The summed E-state index contributed by atoms with van der Waals surface area (Å²) in [6.07, 6.45) is 3.81. The maximum atomic E-state index is 12.8. The molecule has 0 radical (unpaired) electrons. The average molecular weight is 407 g/mol. The summed E-state index contributed by atoms with van der Waals surface area (Å²) in [6.45, 7) is 3.99. The van der Waals surface area contributed by atoms with E-state index in [4.69, 9.17) is 4.74 Å². The van der Waals surface area contributed by atoms with E-state index in [0.717, 1.165) is 31.7 Å². The second-order valence-electron chi connectivity index (χ2n) is 7.47. The van der Waals surface area contributed by atoms with Gasteiger partial charge in [0.2, 0.25) is 17.6 Å². The smallest absolute Gasteiger partial charge is 0.312 e. The number of nitrogens with one attached hydrogen (secondary N) is 2. The molecule has 1 aliphatic rings. The summed E-state index contributed by atoms with van der Waals surface area (Å²) in [5, 5.41) is 17.1. The Morgan fingerprint density at radius 3 is 2.52 bits per heavy atom. The zero-order chi connectivity index (χ0) is 21.6. The largest absolute Gasteiger partial charge is 0.477 e. The molecule has 1 aliphatic carbocycles. The lowest BCUT2D eigenvalue weighted by Gasteiger charge is -2.27. The third-order valence-corrected chi connectivity index (χ3v) is 4.95. The quantitative estimate of drug-likeness (QED) is 0.499. The van der Waals surface area contributed by atoms with Crippen LogP contribution in [0, 0.1) is 16.0 Å². The standard InChI is InChI=1S/C19H29N5O5/c1-5-29-19-14(18(26)21-13-8-6-12(2)7-9-13)10-15(24(27)28)17(22-19)20-11-16(25)23(3)4/h10,12-13H,5-9,11H2,1-4H3,(H,20,22)(H,21,26). The highest BCUT2D eigenvalue weighted by atomic mass is 16.6. The Kier molecular flexibility index (Phi) is 7.74. The fraction of sp³-hybridized carbons (Fsp3) is 0.632. The number of nitro groups is 1. The highest BCUT2D eigenvalue weighted by Crippen LogP contribution is 2.30. The molecule has 160 valence electrons. The van der Waals surface area contributed by atoms with Crippen LogP contribution in [0.3, 0.4) is 0 Å². The zero-order valence-corrected chi connectivity index (χ0v) is 17.4. The SMILES string of the molecule is CCOc1nc(NCC(=O)N(C)C)c([N+](=O)[O-])cc1C(=O)NC1CCC(C)CC1. The molecule has 0 spiro atoms. The molecule has 1 aromatic rings. The first-order chi connectivity index (χ1) is 13.7. The van der Waals surface area contributed by atoms with E-state index in [9.17, 15) is 19.7 Å². The Labute approximate surface area is 170 Å². The molecule has 2 amide bonds. The number of carbonyl (C=O) groups is 2. The second-order valence-corrected chi connectivity index (χ2v) is 7.47. The van der Waals surface area contributed by atoms with Gasteiger partial charge in [-0.25, -0.2) is 0 Å². The Morgan fingerprint density at radius 2 is 1.97 bits per heavy atom. The van der Waals surface area contributed by atoms with Crippen LogP contribution in [0.1, 0.15) is 49.9 Å². The molecule has 0 saturated heterocycles. The lowest BCUT2D eigenvalue weighted by molar-refractivity contribution is -0.384. The molecule has 1 heterocycles. The molecule has 10 nitrogen and oxygen atoms in total. The van der Waals surface area contributed by atoms with E-state index in [-0.39, 0.29) is 48.0 Å². The van der Waals surface area contributed by atoms with E-state index in [1.807, 2.05) is 0 Å². The number of ether oxygens (including phenoxy) is 1. The van der Waals surface area contributed by atoms with E-state index in [1.165, 1.54) is 4.90 Å². The van der Waals surface area contributed by atoms with Crippen molar-refractivity contribution in [2.24, 2.45) is 5.92 Å². The van der Waals surface area contributed by atoms with Gasteiger partial charge in [-0.05, 0) is 38.5 Å². The number of amides is 2. The van der Waals surface area contributed by atoms with Gasteiger partial charge in [-0.15, -0.1) is 0 Å². The highest BCUT2D eigenvalue weighted by molar-refractivity contribution is 5.98. The van der Waals surface area contributed by atoms with E-state index in [2.05, 4.69) is 22.5 Å². The van der Waals surface area contributed by atoms with Crippen LogP contribution in [0.25, 0.3) is 0 Å². The zero-order valence-electron chi connectivity index (χ0n) is 17.4. The third-order valence-electron chi connectivity index (χ3n) is 4.95. The third kappa shape index (κ3) is 6.03. The minimum absolute atomic E-state index is 0.000389. The molecule has 0 bridgehead atoms. The minimum Gasteiger partial charge on any atom is -0.477 e. The fourth-order valence-corrected chi connectivity index (χ4v) is 3.15. The van der Waals surface area contributed by atoms with Crippen molar-refractivity contribution < 1.29 is 19.2 Å². The highest BCUT2D eigenvalue weighted by Gasteiger charge is 2.27. The Bertz CT molecular complexity index is 760. The minimum atomic E-state index is -0.635. The Hall–Kier alpha value is -2.91. The van der Waals surface area contributed by atoms with Crippen LogP contribution in [-0.2, 0) is 4.79 Å². The number of hydrogen-bond acceptors (Lipinski definition) is 7. The van der Waals surface area contributed by atoms with Gasteiger partial charge in [0.25, 0.3) is 5.91 Å². The van der Waals surface area contributed by atoms with Crippen molar-refractivity contribution >= 4 is 23.3 Å². The molecular formula is C19H29N5O5. The van der Waals surface area contributed by atoms with Gasteiger partial charge in [-0.2, -0.15) is 4.98 Å². The lowest BCUT2D eigenvalue weighted by atomic mass is 9.87. The molecule has 1 aromatic heterocycles. The number of hydrogen-bond donors (Lipinski definition) is 2.